The zero-order valence-corrected chi connectivity index (χ0v) is 11.5. The summed E-state index contributed by atoms with van der Waals surface area (Å²) in [6.07, 6.45) is 5.31. The standard InChI is InChI=1S/C16H20N2/c1-11(2)13-5-14(12(3)4)7-15(6-13)16-8-17-10-18-9-16/h5-12H,1-4H3. The molecule has 0 aliphatic heterocycles. The van der Waals surface area contributed by atoms with E-state index in [-0.39, 0.29) is 0 Å². The number of benzene rings is 1. The third-order valence-corrected chi connectivity index (χ3v) is 3.20. The Morgan fingerprint density at radius 3 is 1.67 bits per heavy atom. The van der Waals surface area contributed by atoms with Gasteiger partial charge in [0.2, 0.25) is 0 Å². The van der Waals surface area contributed by atoms with Crippen molar-refractivity contribution >= 4 is 0 Å². The van der Waals surface area contributed by atoms with Gasteiger partial charge in [0.05, 0.1) is 0 Å². The zero-order chi connectivity index (χ0) is 13.1. The van der Waals surface area contributed by atoms with Crippen molar-refractivity contribution in [2.75, 3.05) is 0 Å². The van der Waals surface area contributed by atoms with Crippen LogP contribution in [0.15, 0.2) is 36.9 Å². The minimum Gasteiger partial charge on any atom is -0.244 e. The predicted octanol–water partition coefficient (Wildman–Crippen LogP) is 4.39. The van der Waals surface area contributed by atoms with E-state index in [0.29, 0.717) is 11.8 Å². The Labute approximate surface area is 109 Å². The summed E-state index contributed by atoms with van der Waals surface area (Å²) in [5.41, 5.74) is 5.05. The van der Waals surface area contributed by atoms with E-state index in [1.54, 1.807) is 6.33 Å². The van der Waals surface area contributed by atoms with Gasteiger partial charge < -0.3 is 0 Å². The van der Waals surface area contributed by atoms with E-state index < -0.39 is 0 Å². The molecule has 0 radical (unpaired) electrons. The van der Waals surface area contributed by atoms with Crippen LogP contribution in [0.25, 0.3) is 11.1 Å². The lowest BCUT2D eigenvalue weighted by Crippen LogP contribution is -1.95. The van der Waals surface area contributed by atoms with Gasteiger partial charge in [0.1, 0.15) is 6.33 Å². The smallest absolute Gasteiger partial charge is 0.115 e. The molecule has 0 fully saturated rings. The van der Waals surface area contributed by atoms with E-state index in [1.807, 2.05) is 12.4 Å². The molecule has 0 saturated carbocycles. The van der Waals surface area contributed by atoms with Crippen LogP contribution in [0.5, 0.6) is 0 Å². The molecule has 0 bridgehead atoms. The fourth-order valence-corrected chi connectivity index (χ4v) is 1.96. The Morgan fingerprint density at radius 2 is 1.22 bits per heavy atom. The van der Waals surface area contributed by atoms with Gasteiger partial charge in [-0.1, -0.05) is 45.9 Å². The van der Waals surface area contributed by atoms with Crippen LogP contribution < -0.4 is 0 Å². The number of hydrogen-bond acceptors (Lipinski definition) is 2. The molecule has 1 aromatic heterocycles. The minimum atomic E-state index is 0.534. The first kappa shape index (κ1) is 12.7. The molecule has 0 saturated heterocycles. The second kappa shape index (κ2) is 5.30. The highest BCUT2D eigenvalue weighted by molar-refractivity contribution is 5.64. The highest BCUT2D eigenvalue weighted by Gasteiger charge is 2.08. The van der Waals surface area contributed by atoms with Crippen LogP contribution in [-0.4, -0.2) is 9.97 Å². The highest BCUT2D eigenvalue weighted by atomic mass is 14.8. The maximum absolute atomic E-state index is 4.10. The zero-order valence-electron chi connectivity index (χ0n) is 11.5. The molecular weight excluding hydrogens is 220 g/mol. The van der Waals surface area contributed by atoms with E-state index in [4.69, 9.17) is 0 Å². The molecule has 18 heavy (non-hydrogen) atoms. The van der Waals surface area contributed by atoms with Crippen LogP contribution in [0.4, 0.5) is 0 Å². The molecule has 0 aliphatic rings. The molecule has 0 unspecified atom stereocenters. The van der Waals surface area contributed by atoms with Gasteiger partial charge in [-0.15, -0.1) is 0 Å². The number of aromatic nitrogens is 2. The van der Waals surface area contributed by atoms with Crippen molar-refractivity contribution in [3.8, 4) is 11.1 Å². The number of hydrogen-bond donors (Lipinski definition) is 0. The maximum Gasteiger partial charge on any atom is 0.115 e. The van der Waals surface area contributed by atoms with Crippen molar-refractivity contribution in [1.82, 2.24) is 9.97 Å². The first-order valence-corrected chi connectivity index (χ1v) is 6.48. The van der Waals surface area contributed by atoms with E-state index in [1.165, 1.54) is 16.7 Å². The molecule has 0 spiro atoms. The van der Waals surface area contributed by atoms with Crippen molar-refractivity contribution in [3.05, 3.63) is 48.0 Å². The Kier molecular flexibility index (Phi) is 3.75. The van der Waals surface area contributed by atoms with Gasteiger partial charge in [0.25, 0.3) is 0 Å². The van der Waals surface area contributed by atoms with E-state index in [0.717, 1.165) is 5.56 Å². The molecule has 1 aromatic carbocycles. The van der Waals surface area contributed by atoms with Crippen LogP contribution in [0, 0.1) is 0 Å². The van der Waals surface area contributed by atoms with Gasteiger partial charge in [0.15, 0.2) is 0 Å². The summed E-state index contributed by atoms with van der Waals surface area (Å²) < 4.78 is 0. The van der Waals surface area contributed by atoms with Gasteiger partial charge in [-0.2, -0.15) is 0 Å². The molecule has 0 N–H and O–H groups in total. The minimum absolute atomic E-state index is 0.534. The third kappa shape index (κ3) is 2.76. The normalized spacial score (nSPS) is 11.2. The van der Waals surface area contributed by atoms with Crippen LogP contribution in [0.1, 0.15) is 50.7 Å². The molecular formula is C16H20N2. The Hall–Kier alpha value is -1.70. The Bertz CT molecular complexity index is 490. The first-order valence-electron chi connectivity index (χ1n) is 6.48. The molecule has 0 amide bonds. The molecule has 2 nitrogen and oxygen atoms in total. The molecule has 1 heterocycles. The molecule has 2 heteroatoms. The maximum atomic E-state index is 4.10. The lowest BCUT2D eigenvalue weighted by atomic mass is 9.91. The second-order valence-electron chi connectivity index (χ2n) is 5.32. The Balaban J connectivity index is 2.54. The summed E-state index contributed by atoms with van der Waals surface area (Å²) in [7, 11) is 0. The van der Waals surface area contributed by atoms with Gasteiger partial charge in [0, 0.05) is 18.0 Å². The summed E-state index contributed by atoms with van der Waals surface area (Å²) in [6, 6.07) is 6.80. The molecule has 94 valence electrons. The first-order chi connectivity index (χ1) is 8.58. The average molecular weight is 240 g/mol. The average Bonchev–Trinajstić information content (AvgIpc) is 2.39. The van der Waals surface area contributed by atoms with Crippen molar-refractivity contribution in [2.45, 2.75) is 39.5 Å². The summed E-state index contributed by atoms with van der Waals surface area (Å²) in [5, 5.41) is 0. The summed E-state index contributed by atoms with van der Waals surface area (Å²) >= 11 is 0. The predicted molar refractivity (Wildman–Crippen MR) is 75.6 cm³/mol. The second-order valence-corrected chi connectivity index (χ2v) is 5.32. The topological polar surface area (TPSA) is 25.8 Å². The lowest BCUT2D eigenvalue weighted by molar-refractivity contribution is 0.834. The molecule has 2 rings (SSSR count). The van der Waals surface area contributed by atoms with Crippen LogP contribution in [-0.2, 0) is 0 Å². The number of nitrogens with zero attached hydrogens (tertiary/aromatic N) is 2. The van der Waals surface area contributed by atoms with Crippen molar-refractivity contribution in [3.63, 3.8) is 0 Å². The monoisotopic (exact) mass is 240 g/mol. The van der Waals surface area contributed by atoms with Crippen LogP contribution in [0.2, 0.25) is 0 Å². The van der Waals surface area contributed by atoms with Crippen molar-refractivity contribution in [2.24, 2.45) is 0 Å². The van der Waals surface area contributed by atoms with Crippen molar-refractivity contribution < 1.29 is 0 Å². The van der Waals surface area contributed by atoms with Crippen molar-refractivity contribution in [1.29, 1.82) is 0 Å². The van der Waals surface area contributed by atoms with Gasteiger partial charge in [-0.05, 0) is 28.5 Å². The molecule has 0 atom stereocenters. The van der Waals surface area contributed by atoms with E-state index in [9.17, 15) is 0 Å². The molecule has 2 aromatic rings. The fourth-order valence-electron chi connectivity index (χ4n) is 1.96. The summed E-state index contributed by atoms with van der Waals surface area (Å²) in [6.45, 7) is 8.91. The fraction of sp³-hybridized carbons (Fsp3) is 0.375. The quantitative estimate of drug-likeness (QED) is 0.795. The Morgan fingerprint density at radius 1 is 0.722 bits per heavy atom. The largest absolute Gasteiger partial charge is 0.244 e. The highest BCUT2D eigenvalue weighted by Crippen LogP contribution is 2.28. The van der Waals surface area contributed by atoms with E-state index in [2.05, 4.69) is 55.9 Å². The van der Waals surface area contributed by atoms with Gasteiger partial charge >= 0.3 is 0 Å². The lowest BCUT2D eigenvalue weighted by Gasteiger charge is -2.14. The SMILES string of the molecule is CC(C)c1cc(-c2cncnc2)cc(C(C)C)c1. The summed E-state index contributed by atoms with van der Waals surface area (Å²) in [5.74, 6) is 1.07. The summed E-state index contributed by atoms with van der Waals surface area (Å²) in [4.78, 5) is 8.20. The van der Waals surface area contributed by atoms with Gasteiger partial charge in [-0.25, -0.2) is 9.97 Å². The van der Waals surface area contributed by atoms with Crippen LogP contribution in [0.3, 0.4) is 0 Å². The van der Waals surface area contributed by atoms with E-state index >= 15 is 0 Å². The molecule has 0 aliphatic carbocycles. The third-order valence-electron chi connectivity index (χ3n) is 3.20. The van der Waals surface area contributed by atoms with Gasteiger partial charge in [-0.3, -0.25) is 0 Å². The van der Waals surface area contributed by atoms with Crippen LogP contribution >= 0.6 is 0 Å². The number of rotatable bonds is 3.